The van der Waals surface area contributed by atoms with E-state index >= 15 is 0 Å². The van der Waals surface area contributed by atoms with E-state index in [0.29, 0.717) is 23.9 Å². The third-order valence-electron chi connectivity index (χ3n) is 3.30. The first-order valence-electron chi connectivity index (χ1n) is 4.95. The van der Waals surface area contributed by atoms with Crippen molar-refractivity contribution in [2.24, 2.45) is 22.1 Å². The summed E-state index contributed by atoms with van der Waals surface area (Å²) in [6, 6.07) is 0.746. The first-order chi connectivity index (χ1) is 6.38. The van der Waals surface area contributed by atoms with Gasteiger partial charge in [0.15, 0.2) is 0 Å². The quantitative estimate of drug-likeness (QED) is 0.466. The monoisotopic (exact) mass is 176 g/mol. The summed E-state index contributed by atoms with van der Waals surface area (Å²) < 4.78 is 0. The van der Waals surface area contributed by atoms with Gasteiger partial charge in [-0.2, -0.15) is 10.2 Å². The predicted molar refractivity (Wildman–Crippen MR) is 47.4 cm³/mol. The van der Waals surface area contributed by atoms with Crippen LogP contribution >= 0.6 is 0 Å². The molecule has 3 aliphatic rings. The number of azo groups is 1. The highest BCUT2D eigenvalue weighted by molar-refractivity contribution is 5.59. The number of aldehydes is 1. The van der Waals surface area contributed by atoms with Crippen LogP contribution in [0.5, 0.6) is 0 Å². The second kappa shape index (κ2) is 2.50. The summed E-state index contributed by atoms with van der Waals surface area (Å²) in [6.07, 6.45) is 6.72. The topological polar surface area (TPSA) is 41.8 Å². The van der Waals surface area contributed by atoms with Gasteiger partial charge in [-0.3, -0.25) is 0 Å². The fourth-order valence-electron chi connectivity index (χ4n) is 2.33. The molecule has 0 aromatic carbocycles. The molecule has 4 atom stereocenters. The van der Waals surface area contributed by atoms with Crippen molar-refractivity contribution < 1.29 is 4.79 Å². The third kappa shape index (κ3) is 1.06. The number of hydrogen-bond acceptors (Lipinski definition) is 3. The predicted octanol–water partition coefficient (Wildman–Crippen LogP) is 1.74. The lowest BCUT2D eigenvalue weighted by Gasteiger charge is -1.98. The fraction of sp³-hybridized carbons (Fsp3) is 0.700. The van der Waals surface area contributed by atoms with Gasteiger partial charge < -0.3 is 4.79 Å². The van der Waals surface area contributed by atoms with Gasteiger partial charge in [0.25, 0.3) is 0 Å². The van der Waals surface area contributed by atoms with E-state index in [-0.39, 0.29) is 0 Å². The van der Waals surface area contributed by atoms with Gasteiger partial charge in [0.2, 0.25) is 0 Å². The molecular formula is C10H12N2O. The van der Waals surface area contributed by atoms with Crippen LogP contribution in [0.15, 0.2) is 21.9 Å². The second-order valence-corrected chi connectivity index (χ2v) is 4.21. The van der Waals surface area contributed by atoms with Crippen LogP contribution in [0, 0.1) is 11.8 Å². The van der Waals surface area contributed by atoms with Gasteiger partial charge in [0, 0.05) is 5.92 Å². The molecule has 3 rings (SSSR count). The van der Waals surface area contributed by atoms with E-state index in [2.05, 4.69) is 16.3 Å². The number of carbonyl (C=O) groups is 1. The molecule has 2 fully saturated rings. The lowest BCUT2D eigenvalue weighted by atomic mass is 10.1. The van der Waals surface area contributed by atoms with Crippen LogP contribution in [-0.2, 0) is 4.79 Å². The Hall–Kier alpha value is -0.990. The summed E-state index contributed by atoms with van der Waals surface area (Å²) in [5.74, 6) is 0.812. The highest BCUT2D eigenvalue weighted by Crippen LogP contribution is 2.44. The largest absolute Gasteiger partial charge is 0.303 e. The average molecular weight is 176 g/mol. The standard InChI is InChI=1S/C10H12N2O/c13-5-7-3-6(7)4-8-9-1-2-10(8)12-11-9/h4-7,9-10H,1-3H2/t6-,7+,9?,10?/m1/s1. The maximum Gasteiger partial charge on any atom is 0.123 e. The van der Waals surface area contributed by atoms with Crippen molar-refractivity contribution >= 4 is 6.29 Å². The number of allylic oxidation sites excluding steroid dienone is 1. The number of fused-ring (bicyclic) bond motifs is 2. The van der Waals surface area contributed by atoms with E-state index in [9.17, 15) is 4.79 Å². The van der Waals surface area contributed by atoms with E-state index in [1.54, 1.807) is 0 Å². The van der Waals surface area contributed by atoms with Crippen LogP contribution in [-0.4, -0.2) is 18.4 Å². The van der Waals surface area contributed by atoms with Crippen molar-refractivity contribution in [1.82, 2.24) is 0 Å². The maximum absolute atomic E-state index is 10.5. The van der Waals surface area contributed by atoms with Gasteiger partial charge in [0.05, 0.1) is 12.1 Å². The molecule has 0 aromatic heterocycles. The molecule has 0 saturated heterocycles. The van der Waals surface area contributed by atoms with E-state index in [1.165, 1.54) is 18.4 Å². The van der Waals surface area contributed by atoms with E-state index in [4.69, 9.17) is 0 Å². The van der Waals surface area contributed by atoms with Crippen molar-refractivity contribution in [3.8, 4) is 0 Å². The summed E-state index contributed by atoms with van der Waals surface area (Å²) >= 11 is 0. The Kier molecular flexibility index (Phi) is 1.43. The van der Waals surface area contributed by atoms with Crippen LogP contribution in [0.3, 0.4) is 0 Å². The first-order valence-corrected chi connectivity index (χ1v) is 4.95. The second-order valence-electron chi connectivity index (χ2n) is 4.21. The van der Waals surface area contributed by atoms with Crippen molar-refractivity contribution in [1.29, 1.82) is 0 Å². The summed E-state index contributed by atoms with van der Waals surface area (Å²) in [7, 11) is 0. The number of rotatable bonds is 2. The molecule has 2 bridgehead atoms. The molecule has 13 heavy (non-hydrogen) atoms. The van der Waals surface area contributed by atoms with E-state index in [0.717, 1.165) is 12.7 Å². The van der Waals surface area contributed by atoms with Gasteiger partial charge >= 0.3 is 0 Å². The minimum Gasteiger partial charge on any atom is -0.303 e. The third-order valence-corrected chi connectivity index (χ3v) is 3.30. The van der Waals surface area contributed by atoms with Gasteiger partial charge in [-0.1, -0.05) is 6.08 Å². The van der Waals surface area contributed by atoms with Crippen molar-refractivity contribution in [2.75, 3.05) is 0 Å². The number of hydrogen-bond donors (Lipinski definition) is 0. The first kappa shape index (κ1) is 7.42. The highest BCUT2D eigenvalue weighted by atomic mass is 16.1. The van der Waals surface area contributed by atoms with Crippen LogP contribution in [0.1, 0.15) is 19.3 Å². The SMILES string of the molecule is O=C[C@@H]1C[C@@H]1C=C1C2CCC1N=N2. The van der Waals surface area contributed by atoms with Gasteiger partial charge in [0.1, 0.15) is 6.29 Å². The molecule has 0 radical (unpaired) electrons. The highest BCUT2D eigenvalue weighted by Gasteiger charge is 2.40. The minimum atomic E-state index is 0.299. The zero-order valence-corrected chi connectivity index (χ0v) is 7.39. The molecular weight excluding hydrogens is 164 g/mol. The molecule has 2 saturated carbocycles. The van der Waals surface area contributed by atoms with Crippen molar-refractivity contribution in [2.45, 2.75) is 31.3 Å². The Morgan fingerprint density at radius 2 is 1.85 bits per heavy atom. The Balaban J connectivity index is 1.77. The van der Waals surface area contributed by atoms with Crippen molar-refractivity contribution in [3.05, 3.63) is 11.6 Å². The number of carbonyl (C=O) groups excluding carboxylic acids is 1. The van der Waals surface area contributed by atoms with Gasteiger partial charge in [-0.15, -0.1) is 0 Å². The molecule has 68 valence electrons. The molecule has 3 heteroatoms. The lowest BCUT2D eigenvalue weighted by molar-refractivity contribution is -0.109. The summed E-state index contributed by atoms with van der Waals surface area (Å²) in [4.78, 5) is 10.5. The van der Waals surface area contributed by atoms with Crippen molar-refractivity contribution in [3.63, 3.8) is 0 Å². The van der Waals surface area contributed by atoms with Crippen LogP contribution < -0.4 is 0 Å². The molecule has 3 nitrogen and oxygen atoms in total. The Labute approximate surface area is 76.9 Å². The summed E-state index contributed by atoms with van der Waals surface area (Å²) in [5.41, 5.74) is 1.40. The van der Waals surface area contributed by atoms with E-state index in [1.807, 2.05) is 0 Å². The van der Waals surface area contributed by atoms with Crippen LogP contribution in [0.4, 0.5) is 0 Å². The van der Waals surface area contributed by atoms with Crippen LogP contribution in [0.25, 0.3) is 0 Å². The molecule has 2 unspecified atom stereocenters. The summed E-state index contributed by atoms with van der Waals surface area (Å²) in [5, 5.41) is 8.37. The average Bonchev–Trinajstić information content (AvgIpc) is 2.70. The zero-order valence-electron chi connectivity index (χ0n) is 7.39. The van der Waals surface area contributed by atoms with E-state index < -0.39 is 0 Å². The maximum atomic E-state index is 10.5. The Morgan fingerprint density at radius 3 is 2.31 bits per heavy atom. The lowest BCUT2D eigenvalue weighted by Crippen LogP contribution is -2.00. The Morgan fingerprint density at radius 1 is 1.15 bits per heavy atom. The normalized spacial score (nSPS) is 45.4. The smallest absolute Gasteiger partial charge is 0.123 e. The number of nitrogens with zero attached hydrogens (tertiary/aromatic N) is 2. The molecule has 0 N–H and O–H groups in total. The fourth-order valence-corrected chi connectivity index (χ4v) is 2.33. The molecule has 1 aliphatic heterocycles. The zero-order chi connectivity index (χ0) is 8.84. The molecule has 2 aliphatic carbocycles. The minimum absolute atomic E-state index is 0.299. The van der Waals surface area contributed by atoms with Gasteiger partial charge in [-0.05, 0) is 30.8 Å². The van der Waals surface area contributed by atoms with Gasteiger partial charge in [-0.25, -0.2) is 0 Å². The van der Waals surface area contributed by atoms with Crippen LogP contribution in [0.2, 0.25) is 0 Å². The molecule has 0 aromatic rings. The molecule has 1 heterocycles. The molecule has 0 amide bonds. The Bertz CT molecular complexity index is 292. The summed E-state index contributed by atoms with van der Waals surface area (Å²) in [6.45, 7) is 0. The molecule has 0 spiro atoms.